The third kappa shape index (κ3) is 23.0. The molecule has 606 valence electrons. The van der Waals surface area contributed by atoms with E-state index in [0.29, 0.717) is 92.9 Å². The number of alkyl halides is 8. The first-order valence-corrected chi connectivity index (χ1v) is 38.9. The molecule has 2 bridgehead atoms. The van der Waals surface area contributed by atoms with Gasteiger partial charge in [-0.15, -0.1) is 0 Å². The first-order valence-electron chi connectivity index (χ1n) is 35.0. The lowest BCUT2D eigenvalue weighted by atomic mass is 9.75. The van der Waals surface area contributed by atoms with E-state index in [1.54, 1.807) is 12.3 Å². The molecule has 5 aromatic rings. The molecule has 3 fully saturated rings. The highest BCUT2D eigenvalue weighted by molar-refractivity contribution is 7.91. The fraction of sp³-hybridized carbons (Fsp3) is 0.527. The Hall–Kier alpha value is -8.85. The normalized spacial score (nSPS) is 17.1. The second-order valence-electron chi connectivity index (χ2n) is 29.9. The number of carbonyl (C=O) groups excluding carboxylic acids is 7. The lowest BCUT2D eigenvalue weighted by Crippen LogP contribution is -2.62. The number of hydrazine groups is 1. The van der Waals surface area contributed by atoms with Crippen LogP contribution in [0.4, 0.5) is 54.5 Å². The fourth-order valence-electron chi connectivity index (χ4n) is 14.1. The van der Waals surface area contributed by atoms with Crippen molar-refractivity contribution in [2.24, 2.45) is 22.7 Å². The Balaban J connectivity index is 1.27. The number of carbonyl (C=O) groups is 7. The Labute approximate surface area is 634 Å². The van der Waals surface area contributed by atoms with Gasteiger partial charge in [0, 0.05) is 90.4 Å². The largest absolute Gasteiger partial charge is 0.469 e. The average molecular weight is 1610 g/mol. The molecule has 2 unspecified atom stereocenters. The van der Waals surface area contributed by atoms with Gasteiger partial charge < -0.3 is 44.3 Å². The van der Waals surface area contributed by atoms with Gasteiger partial charge in [-0.25, -0.2) is 36.7 Å². The second-order valence-corrected chi connectivity index (χ2v) is 33.7. The maximum absolute atomic E-state index is 16.9. The van der Waals surface area contributed by atoms with Gasteiger partial charge in [-0.05, 0) is 105 Å². The summed E-state index contributed by atoms with van der Waals surface area (Å²) in [5.74, 6) is -9.32. The number of hydrogen-bond acceptors (Lipinski definition) is 19. The number of aryl methyl sites for hydroxylation is 1. The zero-order valence-corrected chi connectivity index (χ0v) is 64.1. The molecule has 3 aliphatic rings. The Morgan fingerprint density at radius 2 is 1.40 bits per heavy atom. The molecule has 111 heavy (non-hydrogen) atoms. The Morgan fingerprint density at radius 3 is 1.93 bits per heavy atom. The number of nitrogens with zero attached hydrogens (tertiary/aromatic N) is 6. The van der Waals surface area contributed by atoms with Crippen LogP contribution in [0.25, 0.3) is 11.3 Å². The zero-order valence-electron chi connectivity index (χ0n) is 62.4. The molecule has 3 saturated heterocycles. The summed E-state index contributed by atoms with van der Waals surface area (Å²) in [6, 6.07) is 13.0. The number of halogens is 10. The van der Waals surface area contributed by atoms with Gasteiger partial charge >= 0.3 is 44.5 Å². The Kier molecular flexibility index (Phi) is 28.0. The van der Waals surface area contributed by atoms with Crippen molar-refractivity contribution >= 4 is 64.7 Å². The number of nitrogens with one attached hydrogen (secondary N) is 3. The van der Waals surface area contributed by atoms with Crippen molar-refractivity contribution in [2.45, 2.75) is 161 Å². The summed E-state index contributed by atoms with van der Waals surface area (Å²) in [7, 11) is -7.39. The lowest BCUT2D eigenvalue weighted by molar-refractivity contribution is -0.231. The van der Waals surface area contributed by atoms with Crippen LogP contribution in [-0.4, -0.2) is 193 Å². The number of piperazine rings is 1. The monoisotopic (exact) mass is 1610 g/mol. The summed E-state index contributed by atoms with van der Waals surface area (Å²) in [6.45, 7) is 2.73. The summed E-state index contributed by atoms with van der Waals surface area (Å²) in [6.07, 6.45) is -15.0. The molecule has 5 heterocycles. The van der Waals surface area contributed by atoms with Crippen LogP contribution in [0, 0.1) is 53.1 Å². The summed E-state index contributed by atoms with van der Waals surface area (Å²) >= 11 is 0. The zero-order chi connectivity index (χ0) is 82.3. The number of ketones is 2. The summed E-state index contributed by atoms with van der Waals surface area (Å²) < 4.78 is 211. The number of amides is 3. The van der Waals surface area contributed by atoms with Crippen LogP contribution in [-0.2, 0) is 93.1 Å². The molecule has 0 saturated carbocycles. The molecular formula is C74H88F10N9O16PS. The molecule has 3 aromatic carbocycles. The van der Waals surface area contributed by atoms with E-state index >= 15 is 44.7 Å². The number of fused-ring (bicyclic) bond motifs is 2. The molecule has 25 nitrogen and oxygen atoms in total. The molecule has 0 aliphatic carbocycles. The van der Waals surface area contributed by atoms with E-state index in [-0.39, 0.29) is 26.9 Å². The molecule has 3 aliphatic heterocycles. The summed E-state index contributed by atoms with van der Waals surface area (Å²) in [5, 5.41) is 8.37. The van der Waals surface area contributed by atoms with E-state index in [1.807, 2.05) is 11.4 Å². The molecular weight excluding hydrogens is 1520 g/mol. The van der Waals surface area contributed by atoms with Crippen LogP contribution in [0.5, 0.6) is 0 Å². The van der Waals surface area contributed by atoms with Crippen molar-refractivity contribution in [1.82, 2.24) is 40.7 Å². The molecule has 0 spiro atoms. The number of rotatable bonds is 33. The van der Waals surface area contributed by atoms with E-state index < -0.39 is 210 Å². The van der Waals surface area contributed by atoms with Crippen LogP contribution in [0.2, 0.25) is 0 Å². The minimum absolute atomic E-state index is 0.0235. The fourth-order valence-corrected chi connectivity index (χ4v) is 15.5. The Morgan fingerprint density at radius 1 is 0.793 bits per heavy atom. The number of pyridine rings is 1. The summed E-state index contributed by atoms with van der Waals surface area (Å²) in [5.41, 5.74) is -6.88. The van der Waals surface area contributed by atoms with Crippen molar-refractivity contribution in [3.63, 3.8) is 0 Å². The minimum atomic E-state index is -5.33. The first-order chi connectivity index (χ1) is 51.6. The topological polar surface area (TPSA) is 325 Å². The van der Waals surface area contributed by atoms with E-state index in [2.05, 4.69) is 47.0 Å². The van der Waals surface area contributed by atoms with Crippen LogP contribution in [0.3, 0.4) is 0 Å². The molecule has 8 rings (SSSR count). The predicted molar refractivity (Wildman–Crippen MR) is 381 cm³/mol. The predicted octanol–water partition coefficient (Wildman–Crippen LogP) is 9.34. The van der Waals surface area contributed by atoms with E-state index in [0.717, 1.165) is 64.5 Å². The third-order valence-electron chi connectivity index (χ3n) is 20.1. The number of alkyl carbamates (subject to hydrolysis) is 1. The van der Waals surface area contributed by atoms with Crippen molar-refractivity contribution in [3.8, 4) is 23.1 Å². The summed E-state index contributed by atoms with van der Waals surface area (Å²) in [4.78, 5) is 128. The molecule has 37 heteroatoms. The second kappa shape index (κ2) is 35.5. The number of Topliss-reactive ketones (excluding diaryl/α,β-unsaturated/α-hetero) is 2. The Bertz CT molecular complexity index is 4450. The molecule has 5 N–H and O–H groups in total. The van der Waals surface area contributed by atoms with Crippen molar-refractivity contribution in [3.05, 3.63) is 135 Å². The highest BCUT2D eigenvalue weighted by Crippen LogP contribution is 2.48. The van der Waals surface area contributed by atoms with E-state index in [4.69, 9.17) is 14.5 Å². The number of sulfone groups is 1. The number of esters is 2. The quantitative estimate of drug-likeness (QED) is 0.00652. The minimum Gasteiger partial charge on any atom is -0.469 e. The first kappa shape index (κ1) is 87.7. The molecule has 3 amide bonds. The standard InChI is InChI=1S/C74H88F10N9O16PS/c1-42-23-48(29-62(96)86-33-53(94)41-111(10,104)105)65(49(24-42)40-110(101,102)103)70(2,3)31-64(98)109-60(37-91(89-67(99)55(30-63(97)106-8)71(4,5)73(79,80)81)36-54-56(75)26-46(27-57(54)76)58-21-22-92(88-58)68(77)78)47(28-59(95)66(87-69(100)107-9)72(6,7)74(82,83)84)25-44-14-11-43(12-15-44)13-16-45-17-20-61(85-32-45)90-34-50-18-19-51(35-90)93(50)52-38-108-39-52/h11-12,14-15,17,20-24,26-27,32,47,50-52,55,60,66,68H,18-19,25,28-31,33-41H2,1-10H3,(H,86,96)(H,87,100)(H,89,99)(H2,101,102,103)/t47-,50?,51?,55-,60+,66-/m1/s1. The lowest BCUT2D eigenvalue weighted by Gasteiger charge is -2.47. The van der Waals surface area contributed by atoms with Gasteiger partial charge in [-0.2, -0.15) is 40.2 Å². The van der Waals surface area contributed by atoms with Crippen molar-refractivity contribution < 1.29 is 119 Å². The van der Waals surface area contributed by atoms with Gasteiger partial charge in [0.15, 0.2) is 21.4 Å². The third-order valence-corrected chi connectivity index (χ3v) is 21.7. The van der Waals surface area contributed by atoms with Crippen molar-refractivity contribution in [1.29, 1.82) is 0 Å². The van der Waals surface area contributed by atoms with Gasteiger partial charge in [-0.3, -0.25) is 43.7 Å². The number of anilines is 1. The number of hydrogen-bond donors (Lipinski definition) is 5. The van der Waals surface area contributed by atoms with Gasteiger partial charge in [0.05, 0.1) is 94.4 Å². The van der Waals surface area contributed by atoms with E-state index in [1.165, 1.54) is 57.2 Å². The smallest absolute Gasteiger partial charge is 0.407 e. The van der Waals surface area contributed by atoms with Crippen LogP contribution < -0.4 is 21.0 Å². The maximum atomic E-state index is 16.9. The number of methoxy groups -OCH3 is 2. The van der Waals surface area contributed by atoms with Crippen LogP contribution in [0.1, 0.15) is 125 Å². The highest BCUT2D eigenvalue weighted by Gasteiger charge is 2.57. The van der Waals surface area contributed by atoms with Crippen molar-refractivity contribution in [2.75, 3.05) is 70.5 Å². The van der Waals surface area contributed by atoms with E-state index in [9.17, 15) is 55.5 Å². The molecule has 2 aromatic heterocycles. The number of ether oxygens (including phenoxy) is 4. The van der Waals surface area contributed by atoms with Gasteiger partial charge in [0.1, 0.15) is 35.4 Å². The number of aromatic nitrogens is 3. The van der Waals surface area contributed by atoms with Crippen LogP contribution >= 0.6 is 7.60 Å². The molecule has 6 atom stereocenters. The van der Waals surface area contributed by atoms with Gasteiger partial charge in [-0.1, -0.05) is 69.4 Å². The van der Waals surface area contributed by atoms with Gasteiger partial charge in [0.2, 0.25) is 11.8 Å². The molecule has 0 radical (unpaired) electrons. The SMILES string of the molecule is COC(=O)C[C@H](C(=O)NN(Cc1c(F)cc(-c2ccn(C(F)F)n2)cc1F)C[C@H](OC(=O)CC(C)(C)c1c(CC(=O)NCC(=O)CS(C)(=O)=O)cc(C)cc1CP(=O)(O)O)[C@@H](CC(=O)[C@@H](NC(=O)OC)C(C)(C)C(F)(F)F)Cc1ccc(C#Cc2ccc(N3CC4CCC(C3)N4C3COC3)nc2)cc1)C(C)(C)C(F)(F)F. The maximum Gasteiger partial charge on any atom is 0.407 e. The van der Waals surface area contributed by atoms with Gasteiger partial charge in [0.25, 0.3) is 0 Å². The number of benzene rings is 3. The average Bonchev–Trinajstić information content (AvgIpc) is 1.72. The van der Waals surface area contributed by atoms with Crippen LogP contribution in [0.15, 0.2) is 79.1 Å². The highest BCUT2D eigenvalue weighted by atomic mass is 32.2.